The van der Waals surface area contributed by atoms with Crippen molar-refractivity contribution >= 4 is 17.9 Å². The molecule has 6 heteroatoms. The van der Waals surface area contributed by atoms with Crippen LogP contribution in [0.5, 0.6) is 0 Å². The van der Waals surface area contributed by atoms with Gasteiger partial charge in [-0.2, -0.15) is 0 Å². The maximum absolute atomic E-state index is 12.9. The van der Waals surface area contributed by atoms with Crippen LogP contribution in [0.4, 0.5) is 0 Å². The summed E-state index contributed by atoms with van der Waals surface area (Å²) in [6.45, 7) is 6.50. The van der Waals surface area contributed by atoms with Gasteiger partial charge in [-0.15, -0.1) is 0 Å². The van der Waals surface area contributed by atoms with Gasteiger partial charge in [-0.1, -0.05) is 316 Å². The van der Waals surface area contributed by atoms with Crippen molar-refractivity contribution in [2.24, 2.45) is 0 Å². The highest BCUT2D eigenvalue weighted by Gasteiger charge is 2.19. The van der Waals surface area contributed by atoms with Crippen molar-refractivity contribution in [3.8, 4) is 0 Å². The maximum Gasteiger partial charge on any atom is 0.306 e. The number of ether oxygens (including phenoxy) is 3. The summed E-state index contributed by atoms with van der Waals surface area (Å²) in [4.78, 5) is 38.4. The zero-order chi connectivity index (χ0) is 58.5. The molecule has 0 radical (unpaired) electrons. The monoisotopic (exact) mass is 1120 g/mol. The van der Waals surface area contributed by atoms with Crippen molar-refractivity contribution in [2.75, 3.05) is 13.2 Å². The van der Waals surface area contributed by atoms with Crippen LogP contribution in [0.15, 0.2) is 109 Å². The second-order valence-electron chi connectivity index (χ2n) is 22.7. The lowest BCUT2D eigenvalue weighted by molar-refractivity contribution is -0.167. The molecule has 0 saturated carbocycles. The van der Waals surface area contributed by atoms with Gasteiger partial charge in [0.05, 0.1) is 0 Å². The standard InChI is InChI=1S/C75H128O6/c1-4-7-10-13-16-19-22-25-28-30-31-32-33-34-35-36-37-38-39-40-41-42-43-44-45-46-48-50-53-56-59-62-65-68-74(77)80-71-72(70-79-73(76)67-64-61-58-55-52-49-27-24-21-18-15-12-9-6-3)81-75(78)69-66-63-60-57-54-51-47-29-26-23-20-17-14-11-8-5-2/h7,10,15-16,18-19,24-25,27-28,31-32,34-35,37-38,40-41,72H,4-6,8-9,11-14,17,20-23,26,29-30,33,36,39,42-71H2,1-3H3/b10-7-,18-15-,19-16-,27-24-,28-25-,32-31-,35-34-,38-37-,41-40-. The molecule has 0 aromatic rings. The lowest BCUT2D eigenvalue weighted by Gasteiger charge is -2.18. The molecule has 0 spiro atoms. The summed E-state index contributed by atoms with van der Waals surface area (Å²) in [7, 11) is 0. The Morgan fingerprint density at radius 2 is 0.494 bits per heavy atom. The molecule has 0 saturated heterocycles. The molecule has 1 atom stereocenters. The number of unbranched alkanes of at least 4 members (excludes halogenated alkanes) is 33. The van der Waals surface area contributed by atoms with E-state index in [2.05, 4.69) is 130 Å². The van der Waals surface area contributed by atoms with E-state index in [4.69, 9.17) is 14.2 Å². The Morgan fingerprint density at radius 3 is 0.790 bits per heavy atom. The molecule has 6 nitrogen and oxygen atoms in total. The normalized spacial score (nSPS) is 12.8. The Kier molecular flexibility index (Phi) is 65.2. The third-order valence-corrected chi connectivity index (χ3v) is 14.8. The van der Waals surface area contributed by atoms with Crippen LogP contribution < -0.4 is 0 Å². The van der Waals surface area contributed by atoms with Crippen LogP contribution in [0.2, 0.25) is 0 Å². The second kappa shape index (κ2) is 68.6. The van der Waals surface area contributed by atoms with Crippen LogP contribution in [-0.2, 0) is 28.6 Å². The molecule has 464 valence electrons. The fraction of sp³-hybridized carbons (Fsp3) is 0.720. The van der Waals surface area contributed by atoms with E-state index < -0.39 is 6.10 Å². The van der Waals surface area contributed by atoms with Crippen molar-refractivity contribution in [1.29, 1.82) is 0 Å². The van der Waals surface area contributed by atoms with Gasteiger partial charge >= 0.3 is 17.9 Å². The predicted octanol–water partition coefficient (Wildman–Crippen LogP) is 23.8. The SMILES string of the molecule is CC/C=C\C/C=C\C/C=C\C/C=C\C/C=C\C/C=C\C/C=C\CCCCCCCCCCCCCC(=O)OCC(COC(=O)CCCCCCC/C=C\C/C=C\CCCC)OC(=O)CCCCCCCCCCCCCCCCCC. The van der Waals surface area contributed by atoms with E-state index in [1.165, 1.54) is 167 Å². The highest BCUT2D eigenvalue weighted by Crippen LogP contribution is 2.17. The molecule has 0 fully saturated rings. The first kappa shape index (κ1) is 77.1. The molecule has 0 aliphatic carbocycles. The topological polar surface area (TPSA) is 78.9 Å². The van der Waals surface area contributed by atoms with Gasteiger partial charge in [0, 0.05) is 19.3 Å². The summed E-state index contributed by atoms with van der Waals surface area (Å²) in [5.41, 5.74) is 0. The molecule has 0 aromatic heterocycles. The Balaban J connectivity index is 4.24. The van der Waals surface area contributed by atoms with Gasteiger partial charge in [0.15, 0.2) is 6.10 Å². The lowest BCUT2D eigenvalue weighted by Crippen LogP contribution is -2.30. The fourth-order valence-corrected chi connectivity index (χ4v) is 9.62. The lowest BCUT2D eigenvalue weighted by atomic mass is 10.0. The van der Waals surface area contributed by atoms with E-state index in [0.717, 1.165) is 122 Å². The first-order valence-corrected chi connectivity index (χ1v) is 34.4. The number of carbonyl (C=O) groups is 3. The number of allylic oxidation sites excluding steroid dienone is 18. The Morgan fingerprint density at radius 1 is 0.259 bits per heavy atom. The molecule has 1 unspecified atom stereocenters. The van der Waals surface area contributed by atoms with E-state index >= 15 is 0 Å². The number of hydrogen-bond donors (Lipinski definition) is 0. The molecule has 0 N–H and O–H groups in total. The molecule has 0 heterocycles. The minimum Gasteiger partial charge on any atom is -0.462 e. The summed E-state index contributed by atoms with van der Waals surface area (Å²) in [6.07, 6.45) is 93.9. The average Bonchev–Trinajstić information content (AvgIpc) is 3.47. The molecular formula is C75H128O6. The summed E-state index contributed by atoms with van der Waals surface area (Å²) in [5, 5.41) is 0. The quantitative estimate of drug-likeness (QED) is 0.0261. The second-order valence-corrected chi connectivity index (χ2v) is 22.7. The van der Waals surface area contributed by atoms with E-state index in [0.29, 0.717) is 19.3 Å². The highest BCUT2D eigenvalue weighted by atomic mass is 16.6. The largest absolute Gasteiger partial charge is 0.462 e. The Labute approximate surface area is 501 Å². The smallest absolute Gasteiger partial charge is 0.306 e. The van der Waals surface area contributed by atoms with Crippen LogP contribution in [0, 0.1) is 0 Å². The number of esters is 3. The minimum absolute atomic E-state index is 0.0812. The first-order chi connectivity index (χ1) is 40.0. The summed E-state index contributed by atoms with van der Waals surface area (Å²) >= 11 is 0. The Hall–Kier alpha value is -3.93. The van der Waals surface area contributed by atoms with Gasteiger partial charge in [0.1, 0.15) is 13.2 Å². The third kappa shape index (κ3) is 66.8. The van der Waals surface area contributed by atoms with E-state index in [1.807, 2.05) is 0 Å². The van der Waals surface area contributed by atoms with Crippen LogP contribution in [0.25, 0.3) is 0 Å². The molecule has 0 amide bonds. The van der Waals surface area contributed by atoms with Gasteiger partial charge in [-0.3, -0.25) is 14.4 Å². The third-order valence-electron chi connectivity index (χ3n) is 14.8. The number of hydrogen-bond acceptors (Lipinski definition) is 6. The molecule has 81 heavy (non-hydrogen) atoms. The summed E-state index contributed by atoms with van der Waals surface area (Å²) < 4.78 is 16.9. The van der Waals surface area contributed by atoms with Crippen LogP contribution in [0.3, 0.4) is 0 Å². The van der Waals surface area contributed by atoms with Gasteiger partial charge in [0.25, 0.3) is 0 Å². The molecular weight excluding hydrogens is 997 g/mol. The molecule has 0 aliphatic heterocycles. The molecule has 0 aromatic carbocycles. The van der Waals surface area contributed by atoms with Crippen molar-refractivity contribution in [2.45, 2.75) is 335 Å². The predicted molar refractivity (Wildman–Crippen MR) is 353 cm³/mol. The average molecular weight is 1130 g/mol. The van der Waals surface area contributed by atoms with Gasteiger partial charge in [-0.05, 0) is 103 Å². The van der Waals surface area contributed by atoms with Crippen molar-refractivity contribution in [3.63, 3.8) is 0 Å². The molecule has 0 bridgehead atoms. The number of carbonyl (C=O) groups excluding carboxylic acids is 3. The van der Waals surface area contributed by atoms with Crippen LogP contribution in [0.1, 0.15) is 329 Å². The van der Waals surface area contributed by atoms with Gasteiger partial charge < -0.3 is 14.2 Å². The van der Waals surface area contributed by atoms with Crippen molar-refractivity contribution in [1.82, 2.24) is 0 Å². The molecule has 0 rings (SSSR count). The van der Waals surface area contributed by atoms with Crippen molar-refractivity contribution < 1.29 is 28.6 Å². The zero-order valence-corrected chi connectivity index (χ0v) is 53.3. The van der Waals surface area contributed by atoms with Gasteiger partial charge in [0.2, 0.25) is 0 Å². The number of rotatable bonds is 62. The highest BCUT2D eigenvalue weighted by molar-refractivity contribution is 5.71. The summed E-state index contributed by atoms with van der Waals surface area (Å²) in [6, 6.07) is 0. The van der Waals surface area contributed by atoms with Crippen LogP contribution >= 0.6 is 0 Å². The van der Waals surface area contributed by atoms with E-state index in [9.17, 15) is 14.4 Å². The Bertz CT molecular complexity index is 1620. The summed E-state index contributed by atoms with van der Waals surface area (Å²) in [5.74, 6) is -0.884. The first-order valence-electron chi connectivity index (χ1n) is 34.4. The van der Waals surface area contributed by atoms with Crippen LogP contribution in [-0.4, -0.2) is 37.2 Å². The minimum atomic E-state index is -0.784. The zero-order valence-electron chi connectivity index (χ0n) is 53.3. The van der Waals surface area contributed by atoms with E-state index in [-0.39, 0.29) is 31.1 Å². The maximum atomic E-state index is 12.9. The van der Waals surface area contributed by atoms with Crippen molar-refractivity contribution in [3.05, 3.63) is 109 Å². The van der Waals surface area contributed by atoms with Gasteiger partial charge in [-0.25, -0.2) is 0 Å². The fourth-order valence-electron chi connectivity index (χ4n) is 9.62. The van der Waals surface area contributed by atoms with E-state index in [1.54, 1.807) is 0 Å². The molecule has 0 aliphatic rings.